The molecule has 1 aromatic heterocycles. The highest BCUT2D eigenvalue weighted by atomic mass is 35.5. The van der Waals surface area contributed by atoms with Crippen molar-refractivity contribution in [2.24, 2.45) is 5.10 Å². The fourth-order valence-corrected chi connectivity index (χ4v) is 1.74. The van der Waals surface area contributed by atoms with Gasteiger partial charge in [-0.05, 0) is 13.0 Å². The maximum Gasteiger partial charge on any atom is 0.271 e. The van der Waals surface area contributed by atoms with Gasteiger partial charge >= 0.3 is 0 Å². The minimum atomic E-state index is -0.515. The van der Waals surface area contributed by atoms with Crippen LogP contribution in [0.3, 0.4) is 0 Å². The van der Waals surface area contributed by atoms with E-state index in [1.807, 2.05) is 0 Å². The maximum atomic E-state index is 10.7. The van der Waals surface area contributed by atoms with E-state index in [1.165, 1.54) is 23.0 Å². The number of nitrogens with two attached hydrogens (primary N) is 1. The second kappa shape index (κ2) is 5.07. The van der Waals surface area contributed by atoms with Gasteiger partial charge < -0.3 is 5.73 Å². The number of aryl methyl sites for hydroxylation is 1. The van der Waals surface area contributed by atoms with Crippen LogP contribution >= 0.6 is 11.6 Å². The molecule has 0 fully saturated rings. The zero-order valence-electron chi connectivity index (χ0n) is 9.95. The fourth-order valence-electron chi connectivity index (χ4n) is 1.50. The molecule has 0 aliphatic carbocycles. The van der Waals surface area contributed by atoms with Crippen LogP contribution in [0.15, 0.2) is 29.5 Å². The van der Waals surface area contributed by atoms with E-state index in [-0.39, 0.29) is 16.7 Å². The number of nitrogens with zero attached hydrogens (tertiary/aromatic N) is 4. The number of hydrogen-bond acceptors (Lipinski definition) is 5. The lowest BCUT2D eigenvalue weighted by Gasteiger charge is -1.98. The summed E-state index contributed by atoms with van der Waals surface area (Å²) in [5.74, 6) is 0.241. The summed E-state index contributed by atoms with van der Waals surface area (Å²) in [4.78, 5) is 14.2. The predicted octanol–water partition coefficient (Wildman–Crippen LogP) is 2.22. The first-order valence-corrected chi connectivity index (χ1v) is 5.64. The Kier molecular flexibility index (Phi) is 3.48. The lowest BCUT2D eigenvalue weighted by atomic mass is 10.2. The quantitative estimate of drug-likeness (QED) is 0.529. The zero-order valence-corrected chi connectivity index (χ0v) is 10.7. The number of halogens is 1. The Bertz CT molecular complexity index is 665. The van der Waals surface area contributed by atoms with E-state index in [0.29, 0.717) is 5.56 Å². The molecular formula is C11H10ClN5O2. The van der Waals surface area contributed by atoms with E-state index in [0.717, 1.165) is 5.69 Å². The van der Waals surface area contributed by atoms with Gasteiger partial charge in [0, 0.05) is 22.7 Å². The van der Waals surface area contributed by atoms with Crippen molar-refractivity contribution in [3.63, 3.8) is 0 Å². The van der Waals surface area contributed by atoms with E-state index in [1.54, 1.807) is 19.2 Å². The van der Waals surface area contributed by atoms with Gasteiger partial charge in [-0.15, -0.1) is 0 Å². The summed E-state index contributed by atoms with van der Waals surface area (Å²) < 4.78 is 1.38. The van der Waals surface area contributed by atoms with Crippen molar-refractivity contribution in [2.75, 3.05) is 5.73 Å². The number of rotatable bonds is 3. The van der Waals surface area contributed by atoms with Gasteiger partial charge in [0.25, 0.3) is 5.69 Å². The number of hydrogen-bond donors (Lipinski definition) is 1. The molecule has 2 aromatic rings. The summed E-state index contributed by atoms with van der Waals surface area (Å²) in [6, 6.07) is 4.21. The first-order valence-electron chi connectivity index (χ1n) is 5.26. The largest absolute Gasteiger partial charge is 0.368 e. The smallest absolute Gasteiger partial charge is 0.271 e. The van der Waals surface area contributed by atoms with Crippen molar-refractivity contribution in [1.29, 1.82) is 0 Å². The fraction of sp³-hybridized carbons (Fsp3) is 0.0909. The third kappa shape index (κ3) is 3.08. The third-order valence-electron chi connectivity index (χ3n) is 2.28. The van der Waals surface area contributed by atoms with Crippen LogP contribution in [0.25, 0.3) is 0 Å². The molecule has 19 heavy (non-hydrogen) atoms. The van der Waals surface area contributed by atoms with E-state index in [4.69, 9.17) is 17.3 Å². The third-order valence-corrected chi connectivity index (χ3v) is 2.50. The molecule has 1 heterocycles. The molecule has 0 radical (unpaired) electrons. The van der Waals surface area contributed by atoms with Crippen LogP contribution in [0.2, 0.25) is 5.02 Å². The Balaban J connectivity index is 2.33. The molecule has 0 bridgehead atoms. The Morgan fingerprint density at radius 1 is 1.53 bits per heavy atom. The molecule has 0 atom stereocenters. The van der Waals surface area contributed by atoms with Gasteiger partial charge in [0.05, 0.1) is 23.0 Å². The lowest BCUT2D eigenvalue weighted by molar-refractivity contribution is -0.384. The van der Waals surface area contributed by atoms with Crippen LogP contribution in [0, 0.1) is 17.0 Å². The number of benzene rings is 1. The van der Waals surface area contributed by atoms with E-state index in [9.17, 15) is 10.1 Å². The first-order chi connectivity index (χ1) is 8.95. The van der Waals surface area contributed by atoms with Crippen LogP contribution in [0.5, 0.6) is 0 Å². The topological polar surface area (TPSA) is 99.3 Å². The number of nitro groups is 1. The summed E-state index contributed by atoms with van der Waals surface area (Å²) in [6.07, 6.45) is 3.07. The number of non-ortho nitro benzene ring substituents is 1. The van der Waals surface area contributed by atoms with Crippen molar-refractivity contribution in [3.8, 4) is 0 Å². The van der Waals surface area contributed by atoms with Gasteiger partial charge in [-0.25, -0.2) is 9.66 Å². The van der Waals surface area contributed by atoms with Crippen LogP contribution in [-0.2, 0) is 0 Å². The highest BCUT2D eigenvalue weighted by molar-refractivity contribution is 6.31. The minimum absolute atomic E-state index is 0.0938. The molecule has 1 aromatic carbocycles. The van der Waals surface area contributed by atoms with E-state index < -0.39 is 4.92 Å². The van der Waals surface area contributed by atoms with Gasteiger partial charge in [-0.3, -0.25) is 10.1 Å². The maximum absolute atomic E-state index is 10.7. The minimum Gasteiger partial charge on any atom is -0.368 e. The molecule has 0 saturated heterocycles. The molecule has 2 N–H and O–H groups in total. The average Bonchev–Trinajstić information content (AvgIpc) is 2.64. The molecular weight excluding hydrogens is 270 g/mol. The molecule has 0 unspecified atom stereocenters. The van der Waals surface area contributed by atoms with Crippen molar-refractivity contribution in [3.05, 3.63) is 50.8 Å². The standard InChI is InChI=1S/C11H10ClN5O2/c1-7-6-16(11(13)15-7)14-5-8-2-9(12)4-10(3-8)17(18)19/h2-6H,1H3,(H2,13,15). The van der Waals surface area contributed by atoms with Crippen molar-refractivity contribution in [2.45, 2.75) is 6.92 Å². The molecule has 2 rings (SSSR count). The second-order valence-corrected chi connectivity index (χ2v) is 4.27. The monoisotopic (exact) mass is 279 g/mol. The number of anilines is 1. The average molecular weight is 280 g/mol. The summed E-state index contributed by atoms with van der Waals surface area (Å²) in [5, 5.41) is 15.0. The zero-order chi connectivity index (χ0) is 14.0. The van der Waals surface area contributed by atoms with Crippen LogP contribution in [0.4, 0.5) is 11.6 Å². The Labute approximate surface area is 113 Å². The van der Waals surface area contributed by atoms with Crippen molar-refractivity contribution >= 4 is 29.5 Å². The number of nitrogen functional groups attached to an aromatic ring is 1. The molecule has 0 saturated carbocycles. The highest BCUT2D eigenvalue weighted by Crippen LogP contribution is 2.20. The molecule has 8 heteroatoms. The molecule has 0 amide bonds. The number of imidazole rings is 1. The molecule has 0 aliphatic heterocycles. The van der Waals surface area contributed by atoms with Gasteiger partial charge in [0.15, 0.2) is 0 Å². The van der Waals surface area contributed by atoms with E-state index >= 15 is 0 Å². The van der Waals surface area contributed by atoms with E-state index in [2.05, 4.69) is 10.1 Å². The summed E-state index contributed by atoms with van der Waals surface area (Å²) in [7, 11) is 0. The van der Waals surface area contributed by atoms with Crippen molar-refractivity contribution < 1.29 is 4.92 Å². The first kappa shape index (κ1) is 13.0. The summed E-state index contributed by atoms with van der Waals surface area (Å²) in [6.45, 7) is 1.78. The Hall–Kier alpha value is -2.41. The molecule has 7 nitrogen and oxygen atoms in total. The molecule has 0 spiro atoms. The van der Waals surface area contributed by atoms with Crippen LogP contribution < -0.4 is 5.73 Å². The Morgan fingerprint density at radius 3 is 2.84 bits per heavy atom. The van der Waals surface area contributed by atoms with Gasteiger partial charge in [-0.1, -0.05) is 11.6 Å². The summed E-state index contributed by atoms with van der Waals surface area (Å²) >= 11 is 5.80. The van der Waals surface area contributed by atoms with Gasteiger partial charge in [0.2, 0.25) is 5.95 Å². The normalized spacial score (nSPS) is 11.1. The van der Waals surface area contributed by atoms with Crippen molar-refractivity contribution in [1.82, 2.24) is 9.66 Å². The van der Waals surface area contributed by atoms with Gasteiger partial charge in [-0.2, -0.15) is 5.10 Å². The Morgan fingerprint density at radius 2 is 2.26 bits per heavy atom. The number of aromatic nitrogens is 2. The molecule has 98 valence electrons. The lowest BCUT2D eigenvalue weighted by Crippen LogP contribution is -1.97. The van der Waals surface area contributed by atoms with Crippen LogP contribution in [-0.4, -0.2) is 20.8 Å². The second-order valence-electron chi connectivity index (χ2n) is 3.83. The number of nitro benzene ring substituents is 1. The van der Waals surface area contributed by atoms with Crippen LogP contribution in [0.1, 0.15) is 11.3 Å². The predicted molar refractivity (Wildman–Crippen MR) is 72.5 cm³/mol. The SMILES string of the molecule is Cc1cn(N=Cc2cc(Cl)cc([N+](=O)[O-])c2)c(N)n1. The van der Waals surface area contributed by atoms with Gasteiger partial charge in [0.1, 0.15) is 0 Å². The molecule has 0 aliphatic rings. The highest BCUT2D eigenvalue weighted by Gasteiger charge is 2.08. The summed E-state index contributed by atoms with van der Waals surface area (Å²) in [5.41, 5.74) is 6.76.